The molecule has 0 saturated carbocycles. The lowest BCUT2D eigenvalue weighted by molar-refractivity contribution is 0.0696. The number of anilines is 2. The van der Waals surface area contributed by atoms with Gasteiger partial charge in [-0.25, -0.2) is 19.6 Å². The van der Waals surface area contributed by atoms with Crippen molar-refractivity contribution in [3.05, 3.63) is 46.1 Å². The summed E-state index contributed by atoms with van der Waals surface area (Å²) in [6.45, 7) is 6.83. The molecule has 0 aliphatic heterocycles. The first-order chi connectivity index (χ1) is 14.1. The lowest BCUT2D eigenvalue weighted by Crippen LogP contribution is -2.26. The van der Waals surface area contributed by atoms with E-state index in [1.54, 1.807) is 11.3 Å². The predicted molar refractivity (Wildman–Crippen MR) is 116 cm³/mol. The Morgan fingerprint density at radius 1 is 1.10 bits per heavy atom. The molecular weight excluding hydrogens is 402 g/mol. The van der Waals surface area contributed by atoms with E-state index in [9.17, 15) is 19.8 Å². The first-order valence-electron chi connectivity index (χ1n) is 9.77. The second-order valence-electron chi connectivity index (χ2n) is 8.75. The third-order valence-corrected chi connectivity index (χ3v) is 6.92. The second kappa shape index (κ2) is 7.36. The second-order valence-corrected chi connectivity index (χ2v) is 9.83. The highest BCUT2D eigenvalue weighted by atomic mass is 32.1. The zero-order chi connectivity index (χ0) is 21.6. The van der Waals surface area contributed by atoms with E-state index in [2.05, 4.69) is 36.1 Å². The Kier molecular flexibility index (Phi) is 4.97. The molecule has 156 valence electrons. The van der Waals surface area contributed by atoms with E-state index < -0.39 is 11.9 Å². The molecule has 0 amide bonds. The topological polar surface area (TPSA) is 112 Å². The van der Waals surface area contributed by atoms with Crippen molar-refractivity contribution in [2.45, 2.75) is 40.0 Å². The van der Waals surface area contributed by atoms with Gasteiger partial charge in [0.15, 0.2) is 0 Å². The van der Waals surface area contributed by atoms with Crippen LogP contribution in [-0.4, -0.2) is 32.1 Å². The van der Waals surface area contributed by atoms with Crippen molar-refractivity contribution >= 4 is 45.0 Å². The fourth-order valence-corrected chi connectivity index (χ4v) is 5.29. The number of carboxylic acid groups (broad SMARTS) is 2. The average molecular weight is 426 g/mol. The Labute approximate surface area is 177 Å². The third-order valence-electron chi connectivity index (χ3n) is 5.76. The number of hydrogen-bond donors (Lipinski definition) is 3. The summed E-state index contributed by atoms with van der Waals surface area (Å²) in [7, 11) is 0. The minimum Gasteiger partial charge on any atom is -0.478 e. The summed E-state index contributed by atoms with van der Waals surface area (Å²) in [6, 6.07) is 3.97. The van der Waals surface area contributed by atoms with Crippen LogP contribution in [-0.2, 0) is 12.8 Å². The molecule has 0 spiro atoms. The number of nitrogens with one attached hydrogen (secondary N) is 1. The van der Waals surface area contributed by atoms with E-state index in [0.29, 0.717) is 17.4 Å². The van der Waals surface area contributed by atoms with Crippen LogP contribution in [0.15, 0.2) is 24.5 Å². The van der Waals surface area contributed by atoms with E-state index in [4.69, 9.17) is 0 Å². The quantitative estimate of drug-likeness (QED) is 0.540. The van der Waals surface area contributed by atoms with Crippen molar-refractivity contribution < 1.29 is 19.8 Å². The van der Waals surface area contributed by atoms with Crippen LogP contribution in [0.4, 0.5) is 11.5 Å². The molecule has 1 aromatic carbocycles. The van der Waals surface area contributed by atoms with E-state index >= 15 is 0 Å². The highest BCUT2D eigenvalue weighted by molar-refractivity contribution is 7.19. The Morgan fingerprint density at radius 3 is 2.37 bits per heavy atom. The summed E-state index contributed by atoms with van der Waals surface area (Å²) in [4.78, 5) is 33.9. The maximum absolute atomic E-state index is 11.4. The van der Waals surface area contributed by atoms with Gasteiger partial charge in [-0.15, -0.1) is 11.3 Å². The Balaban J connectivity index is 1.76. The van der Waals surface area contributed by atoms with Gasteiger partial charge in [-0.1, -0.05) is 20.8 Å². The van der Waals surface area contributed by atoms with Crippen LogP contribution in [0.25, 0.3) is 10.2 Å². The number of aryl methyl sites for hydroxylation is 1. The van der Waals surface area contributed by atoms with Gasteiger partial charge in [0.1, 0.15) is 17.0 Å². The summed E-state index contributed by atoms with van der Waals surface area (Å²) in [5.41, 5.74) is 1.67. The molecule has 0 fully saturated rings. The van der Waals surface area contributed by atoms with Gasteiger partial charge >= 0.3 is 11.9 Å². The Hall–Kier alpha value is -3.00. The number of nitrogens with zero attached hydrogens (tertiary/aromatic N) is 2. The van der Waals surface area contributed by atoms with Crippen molar-refractivity contribution in [3.8, 4) is 0 Å². The summed E-state index contributed by atoms with van der Waals surface area (Å²) < 4.78 is 0. The van der Waals surface area contributed by atoms with E-state index in [1.165, 1.54) is 28.9 Å². The number of fused-ring (bicyclic) bond motifs is 3. The van der Waals surface area contributed by atoms with Crippen molar-refractivity contribution in [1.82, 2.24) is 9.97 Å². The monoisotopic (exact) mass is 425 g/mol. The van der Waals surface area contributed by atoms with E-state index in [1.807, 2.05) is 0 Å². The number of carbonyl (C=O) groups is 2. The molecule has 1 aliphatic carbocycles. The molecule has 2 heterocycles. The van der Waals surface area contributed by atoms with Crippen LogP contribution in [0.3, 0.4) is 0 Å². The number of hydrogen-bond acceptors (Lipinski definition) is 6. The van der Waals surface area contributed by atoms with Crippen LogP contribution in [0.1, 0.15) is 58.3 Å². The van der Waals surface area contributed by atoms with Gasteiger partial charge in [0.05, 0.1) is 16.5 Å². The minimum absolute atomic E-state index is 0.0944. The average Bonchev–Trinajstić information content (AvgIpc) is 3.05. The molecule has 7 nitrogen and oxygen atoms in total. The molecule has 2 aromatic heterocycles. The molecule has 30 heavy (non-hydrogen) atoms. The van der Waals surface area contributed by atoms with Crippen molar-refractivity contribution in [2.75, 3.05) is 5.32 Å². The summed E-state index contributed by atoms with van der Waals surface area (Å²) >= 11 is 1.68. The maximum atomic E-state index is 11.4. The molecule has 0 radical (unpaired) electrons. The molecule has 0 saturated heterocycles. The highest BCUT2D eigenvalue weighted by Crippen LogP contribution is 2.44. The van der Waals surface area contributed by atoms with E-state index in [0.717, 1.165) is 35.5 Å². The SMILES string of the molecule is CC(C)(C)C1CCc2c(sc3ncnc(Nc4cc(C(=O)O)cc(C(=O)O)c4)c23)C1. The zero-order valence-corrected chi connectivity index (χ0v) is 17.8. The standard InChI is InChI=1S/C22H23N3O4S/c1-22(2,3)13-4-5-15-16(9-13)30-19-17(15)18(23-10-24-19)25-14-7-11(20(26)27)6-12(8-14)21(28)29/h6-8,10,13H,4-5,9H2,1-3H3,(H,26,27)(H,28,29)(H,23,24,25). The maximum Gasteiger partial charge on any atom is 0.335 e. The number of benzene rings is 1. The predicted octanol–water partition coefficient (Wildman–Crippen LogP) is 4.98. The van der Waals surface area contributed by atoms with Crippen LogP contribution < -0.4 is 5.32 Å². The lowest BCUT2D eigenvalue weighted by atomic mass is 9.72. The van der Waals surface area contributed by atoms with Crippen LogP contribution >= 0.6 is 11.3 Å². The number of aromatic carboxylic acids is 2. The molecule has 1 atom stereocenters. The van der Waals surface area contributed by atoms with E-state index in [-0.39, 0.29) is 16.5 Å². The van der Waals surface area contributed by atoms with Crippen molar-refractivity contribution in [2.24, 2.45) is 11.3 Å². The summed E-state index contributed by atoms with van der Waals surface area (Å²) in [6.07, 6.45) is 4.52. The number of rotatable bonds is 4. The van der Waals surface area contributed by atoms with Gasteiger partial charge in [0.2, 0.25) is 0 Å². The van der Waals surface area contributed by atoms with Crippen LogP contribution in [0, 0.1) is 11.3 Å². The van der Waals surface area contributed by atoms with Gasteiger partial charge < -0.3 is 15.5 Å². The van der Waals surface area contributed by atoms with Crippen molar-refractivity contribution in [3.63, 3.8) is 0 Å². The zero-order valence-electron chi connectivity index (χ0n) is 17.0. The van der Waals surface area contributed by atoms with Gasteiger partial charge in [0.25, 0.3) is 0 Å². The molecule has 8 heteroatoms. The third kappa shape index (κ3) is 3.75. The Morgan fingerprint density at radius 2 is 1.77 bits per heavy atom. The highest BCUT2D eigenvalue weighted by Gasteiger charge is 2.31. The van der Waals surface area contributed by atoms with Crippen LogP contribution in [0.5, 0.6) is 0 Å². The summed E-state index contributed by atoms with van der Waals surface area (Å²) in [5.74, 6) is -1.19. The Bertz CT molecular complexity index is 1130. The largest absolute Gasteiger partial charge is 0.478 e. The molecule has 3 aromatic rings. The molecule has 4 rings (SSSR count). The molecule has 3 N–H and O–H groups in total. The van der Waals surface area contributed by atoms with Gasteiger partial charge in [-0.2, -0.15) is 0 Å². The van der Waals surface area contributed by atoms with Gasteiger partial charge in [-0.3, -0.25) is 0 Å². The fourth-order valence-electron chi connectivity index (χ4n) is 4.03. The van der Waals surface area contributed by atoms with Gasteiger partial charge in [0, 0.05) is 10.6 Å². The minimum atomic E-state index is -1.19. The smallest absolute Gasteiger partial charge is 0.335 e. The first kappa shape index (κ1) is 20.3. The number of aromatic nitrogens is 2. The normalized spacial score (nSPS) is 16.3. The summed E-state index contributed by atoms with van der Waals surface area (Å²) in [5, 5.41) is 22.7. The fraction of sp³-hybridized carbons (Fsp3) is 0.364. The van der Waals surface area contributed by atoms with Crippen molar-refractivity contribution in [1.29, 1.82) is 0 Å². The molecule has 0 bridgehead atoms. The molecular formula is C22H23N3O4S. The first-order valence-corrected chi connectivity index (χ1v) is 10.6. The molecule has 1 aliphatic rings. The number of carboxylic acids is 2. The van der Waals surface area contributed by atoms with Crippen LogP contribution in [0.2, 0.25) is 0 Å². The lowest BCUT2D eigenvalue weighted by Gasteiger charge is -2.33. The number of thiophene rings is 1. The van der Waals surface area contributed by atoms with Gasteiger partial charge in [-0.05, 0) is 54.4 Å². The molecule has 1 unspecified atom stereocenters.